The van der Waals surface area contributed by atoms with E-state index in [0.717, 1.165) is 12.2 Å². The van der Waals surface area contributed by atoms with E-state index in [1.165, 1.54) is 25.3 Å². The third-order valence-electron chi connectivity index (χ3n) is 2.60. The highest BCUT2D eigenvalue weighted by atomic mass is 16.6. The molecular weight excluding hydrogens is 264 g/mol. The molecule has 0 fully saturated rings. The summed E-state index contributed by atoms with van der Waals surface area (Å²) in [6, 6.07) is 5.77. The third-order valence-corrected chi connectivity index (χ3v) is 2.60. The van der Waals surface area contributed by atoms with Gasteiger partial charge in [0, 0.05) is 30.0 Å². The largest absolute Gasteiger partial charge is 0.494 e. The van der Waals surface area contributed by atoms with Crippen LogP contribution in [0.4, 0.5) is 11.4 Å². The number of hydrogen-bond acceptors (Lipinski definition) is 6. The van der Waals surface area contributed by atoms with Crippen molar-refractivity contribution in [2.75, 3.05) is 12.4 Å². The Morgan fingerprint density at radius 2 is 1.90 bits per heavy atom. The SMILES string of the molecule is COC1=CC(=O)C(=O)C=C1Nc1cccc([N+](=O)[O-])c1. The standard InChI is InChI=1S/C13H10N2O5/c1-20-13-7-12(17)11(16)6-10(13)14-8-3-2-4-9(5-8)15(18)19/h2-7,14H,1H3. The molecule has 20 heavy (non-hydrogen) atoms. The Balaban J connectivity index is 2.29. The number of nitro benzene ring substituents is 1. The normalized spacial score (nSPS) is 14.4. The van der Waals surface area contributed by atoms with Crippen LogP contribution in [0.2, 0.25) is 0 Å². The van der Waals surface area contributed by atoms with Crippen molar-refractivity contribution >= 4 is 22.9 Å². The Bertz CT molecular complexity index is 660. The molecule has 0 atom stereocenters. The fourth-order valence-corrected chi connectivity index (χ4v) is 1.66. The smallest absolute Gasteiger partial charge is 0.271 e. The average molecular weight is 274 g/mol. The highest BCUT2D eigenvalue weighted by molar-refractivity contribution is 6.46. The fourth-order valence-electron chi connectivity index (χ4n) is 1.66. The Labute approximate surface area is 113 Å². The second-order valence-electron chi connectivity index (χ2n) is 3.93. The lowest BCUT2D eigenvalue weighted by Crippen LogP contribution is -2.19. The molecule has 0 saturated heterocycles. The number of methoxy groups -OCH3 is 1. The lowest BCUT2D eigenvalue weighted by molar-refractivity contribution is -0.384. The number of nitro groups is 1. The van der Waals surface area contributed by atoms with Crippen LogP contribution < -0.4 is 5.32 Å². The van der Waals surface area contributed by atoms with Crippen molar-refractivity contribution in [1.29, 1.82) is 0 Å². The molecule has 1 aliphatic rings. The number of carbonyl (C=O) groups excluding carboxylic acids is 2. The average Bonchev–Trinajstić information content (AvgIpc) is 2.43. The van der Waals surface area contributed by atoms with Crippen LogP contribution >= 0.6 is 0 Å². The predicted molar refractivity (Wildman–Crippen MR) is 69.9 cm³/mol. The molecule has 1 N–H and O–H groups in total. The van der Waals surface area contributed by atoms with E-state index in [1.807, 2.05) is 0 Å². The maximum atomic E-state index is 11.4. The molecule has 0 saturated carbocycles. The minimum absolute atomic E-state index is 0.0863. The van der Waals surface area contributed by atoms with Crippen LogP contribution in [0.25, 0.3) is 0 Å². The van der Waals surface area contributed by atoms with Gasteiger partial charge < -0.3 is 10.1 Å². The summed E-state index contributed by atoms with van der Waals surface area (Å²) in [5.74, 6) is -1.16. The maximum absolute atomic E-state index is 11.4. The Kier molecular flexibility index (Phi) is 3.60. The Morgan fingerprint density at radius 3 is 2.55 bits per heavy atom. The molecule has 0 radical (unpaired) electrons. The summed E-state index contributed by atoms with van der Waals surface area (Å²) >= 11 is 0. The Morgan fingerprint density at radius 1 is 1.20 bits per heavy atom. The number of anilines is 1. The van der Waals surface area contributed by atoms with E-state index in [1.54, 1.807) is 6.07 Å². The van der Waals surface area contributed by atoms with E-state index >= 15 is 0 Å². The van der Waals surface area contributed by atoms with Gasteiger partial charge in [0.15, 0.2) is 0 Å². The van der Waals surface area contributed by atoms with E-state index in [-0.39, 0.29) is 17.1 Å². The zero-order valence-electron chi connectivity index (χ0n) is 10.5. The number of ketones is 2. The van der Waals surface area contributed by atoms with Gasteiger partial charge in [-0.2, -0.15) is 0 Å². The number of allylic oxidation sites excluding steroid dienone is 2. The van der Waals surface area contributed by atoms with Crippen molar-refractivity contribution in [2.24, 2.45) is 0 Å². The molecule has 7 nitrogen and oxygen atoms in total. The minimum atomic E-state index is -0.682. The summed E-state index contributed by atoms with van der Waals surface area (Å²) < 4.78 is 5.00. The lowest BCUT2D eigenvalue weighted by Gasteiger charge is -2.15. The van der Waals surface area contributed by atoms with Crippen molar-refractivity contribution in [2.45, 2.75) is 0 Å². The maximum Gasteiger partial charge on any atom is 0.271 e. The fraction of sp³-hybridized carbons (Fsp3) is 0.0769. The van der Waals surface area contributed by atoms with Crippen molar-refractivity contribution in [1.82, 2.24) is 0 Å². The third kappa shape index (κ3) is 2.72. The molecule has 0 bridgehead atoms. The van der Waals surface area contributed by atoms with Gasteiger partial charge in [-0.15, -0.1) is 0 Å². The molecule has 1 aromatic carbocycles. The number of nitrogens with zero attached hydrogens (tertiary/aromatic N) is 1. The van der Waals surface area contributed by atoms with Crippen LogP contribution in [-0.4, -0.2) is 23.6 Å². The van der Waals surface area contributed by atoms with E-state index in [9.17, 15) is 19.7 Å². The number of non-ortho nitro benzene ring substituents is 1. The molecule has 0 aliphatic heterocycles. The van der Waals surface area contributed by atoms with Crippen molar-refractivity contribution < 1.29 is 19.2 Å². The summed E-state index contributed by atoms with van der Waals surface area (Å²) in [4.78, 5) is 32.8. The van der Waals surface area contributed by atoms with Gasteiger partial charge in [0.25, 0.3) is 5.69 Å². The number of nitrogens with one attached hydrogen (secondary N) is 1. The number of benzene rings is 1. The first kappa shape index (κ1) is 13.5. The van der Waals surface area contributed by atoms with Gasteiger partial charge in [-0.1, -0.05) is 6.07 Å². The summed E-state index contributed by atoms with van der Waals surface area (Å²) in [6.07, 6.45) is 2.17. The zero-order chi connectivity index (χ0) is 14.7. The highest BCUT2D eigenvalue weighted by Crippen LogP contribution is 2.22. The molecule has 0 unspecified atom stereocenters. The summed E-state index contributed by atoms with van der Waals surface area (Å²) in [6.45, 7) is 0. The van der Waals surface area contributed by atoms with Crippen LogP contribution in [0.1, 0.15) is 0 Å². The van der Waals surface area contributed by atoms with Crippen molar-refractivity contribution in [3.05, 3.63) is 58.0 Å². The van der Waals surface area contributed by atoms with Gasteiger partial charge in [-0.3, -0.25) is 19.7 Å². The van der Waals surface area contributed by atoms with Crippen LogP contribution in [0.15, 0.2) is 47.9 Å². The molecule has 0 amide bonds. The molecular formula is C13H10N2O5. The second-order valence-corrected chi connectivity index (χ2v) is 3.93. The van der Waals surface area contributed by atoms with Crippen LogP contribution in [0.3, 0.4) is 0 Å². The summed E-state index contributed by atoms with van der Waals surface area (Å²) in [5.41, 5.74) is 0.602. The minimum Gasteiger partial charge on any atom is -0.494 e. The van der Waals surface area contributed by atoms with Gasteiger partial charge >= 0.3 is 0 Å². The summed E-state index contributed by atoms with van der Waals surface area (Å²) in [5, 5.41) is 13.5. The first-order valence-electron chi connectivity index (χ1n) is 5.59. The quantitative estimate of drug-likeness (QED) is 0.387. The van der Waals surface area contributed by atoms with E-state index in [2.05, 4.69) is 5.32 Å². The van der Waals surface area contributed by atoms with Crippen molar-refractivity contribution in [3.63, 3.8) is 0 Å². The number of ether oxygens (including phenoxy) is 1. The predicted octanol–water partition coefficient (Wildman–Crippen LogP) is 1.57. The monoisotopic (exact) mass is 274 g/mol. The number of hydrogen-bond donors (Lipinski definition) is 1. The van der Waals surface area contributed by atoms with Gasteiger partial charge in [0.1, 0.15) is 5.76 Å². The van der Waals surface area contributed by atoms with Crippen LogP contribution in [-0.2, 0) is 14.3 Å². The topological polar surface area (TPSA) is 98.5 Å². The van der Waals surface area contributed by atoms with Gasteiger partial charge in [-0.25, -0.2) is 0 Å². The van der Waals surface area contributed by atoms with Gasteiger partial charge in [0.2, 0.25) is 11.6 Å². The molecule has 1 aliphatic carbocycles. The van der Waals surface area contributed by atoms with E-state index < -0.39 is 16.5 Å². The van der Waals surface area contributed by atoms with Gasteiger partial charge in [-0.05, 0) is 6.07 Å². The molecule has 7 heteroatoms. The van der Waals surface area contributed by atoms with Crippen LogP contribution in [0, 0.1) is 10.1 Å². The zero-order valence-corrected chi connectivity index (χ0v) is 10.5. The molecule has 0 spiro atoms. The van der Waals surface area contributed by atoms with Gasteiger partial charge in [0.05, 0.1) is 17.7 Å². The number of rotatable bonds is 4. The van der Waals surface area contributed by atoms with Crippen LogP contribution in [0.5, 0.6) is 0 Å². The van der Waals surface area contributed by atoms with Crippen molar-refractivity contribution in [3.8, 4) is 0 Å². The molecule has 0 aromatic heterocycles. The van der Waals surface area contributed by atoms with E-state index in [4.69, 9.17) is 4.74 Å². The highest BCUT2D eigenvalue weighted by Gasteiger charge is 2.21. The first-order valence-corrected chi connectivity index (χ1v) is 5.59. The Hall–Kier alpha value is -2.96. The molecule has 0 heterocycles. The lowest BCUT2D eigenvalue weighted by atomic mass is 10.1. The molecule has 1 aromatic rings. The van der Waals surface area contributed by atoms with E-state index in [0.29, 0.717) is 5.69 Å². The molecule has 2 rings (SSSR count). The summed E-state index contributed by atoms with van der Waals surface area (Å²) in [7, 11) is 1.36. The molecule has 102 valence electrons. The first-order chi connectivity index (χ1) is 9.51. The second kappa shape index (κ2) is 5.35. The number of carbonyl (C=O) groups is 2.